The van der Waals surface area contributed by atoms with Crippen molar-refractivity contribution in [3.05, 3.63) is 48.2 Å². The molecule has 2 aromatic carbocycles. The van der Waals surface area contributed by atoms with Crippen LogP contribution in [0, 0.1) is 5.92 Å². The van der Waals surface area contributed by atoms with Gasteiger partial charge in [-0.15, -0.1) is 0 Å². The predicted molar refractivity (Wildman–Crippen MR) is 96.2 cm³/mol. The second kappa shape index (κ2) is 6.97. The van der Waals surface area contributed by atoms with Crippen LogP contribution in [0.3, 0.4) is 0 Å². The topological polar surface area (TPSA) is 68.5 Å². The number of furan rings is 1. The Balaban J connectivity index is 1.89. The summed E-state index contributed by atoms with van der Waals surface area (Å²) in [6.07, 6.45) is 1.75. The Hall–Kier alpha value is -2.82. The minimum atomic E-state index is -0.660. The number of methoxy groups -OCH3 is 1. The highest BCUT2D eigenvalue weighted by molar-refractivity contribution is 6.08. The van der Waals surface area contributed by atoms with E-state index in [4.69, 9.17) is 9.15 Å². The van der Waals surface area contributed by atoms with E-state index in [2.05, 4.69) is 5.32 Å². The number of hydrogen-bond acceptors (Lipinski definition) is 4. The van der Waals surface area contributed by atoms with Crippen molar-refractivity contribution < 1.29 is 18.7 Å². The maximum atomic E-state index is 12.5. The van der Waals surface area contributed by atoms with Crippen molar-refractivity contribution in [3.63, 3.8) is 0 Å². The van der Waals surface area contributed by atoms with Gasteiger partial charge < -0.3 is 14.5 Å². The Kier molecular flexibility index (Phi) is 4.74. The minimum absolute atomic E-state index is 0.0571. The fraction of sp³-hybridized carbons (Fsp3) is 0.300. The number of benzene rings is 2. The summed E-state index contributed by atoms with van der Waals surface area (Å²) in [5, 5.41) is 5.84. The van der Waals surface area contributed by atoms with Crippen molar-refractivity contribution in [1.82, 2.24) is 5.32 Å². The fourth-order valence-corrected chi connectivity index (χ4v) is 3.03. The van der Waals surface area contributed by atoms with Gasteiger partial charge in [-0.25, -0.2) is 4.79 Å². The molecule has 1 aromatic heterocycles. The monoisotopic (exact) mass is 339 g/mol. The summed E-state index contributed by atoms with van der Waals surface area (Å²) >= 11 is 0. The van der Waals surface area contributed by atoms with Crippen LogP contribution < -0.4 is 5.32 Å². The van der Waals surface area contributed by atoms with Gasteiger partial charge >= 0.3 is 5.97 Å². The van der Waals surface area contributed by atoms with E-state index in [0.717, 1.165) is 27.3 Å². The molecule has 0 aliphatic heterocycles. The van der Waals surface area contributed by atoms with Gasteiger partial charge in [-0.3, -0.25) is 4.79 Å². The first-order valence-electron chi connectivity index (χ1n) is 8.26. The first kappa shape index (κ1) is 17.0. The number of hydrogen-bond donors (Lipinski definition) is 1. The summed E-state index contributed by atoms with van der Waals surface area (Å²) in [6, 6.07) is 11.2. The highest BCUT2D eigenvalue weighted by Gasteiger charge is 2.25. The molecule has 1 unspecified atom stereocenters. The molecular weight excluding hydrogens is 318 g/mol. The van der Waals surface area contributed by atoms with Crippen LogP contribution in [-0.4, -0.2) is 25.0 Å². The van der Waals surface area contributed by atoms with E-state index in [9.17, 15) is 9.59 Å². The molecule has 1 amide bonds. The quantitative estimate of drug-likeness (QED) is 0.723. The van der Waals surface area contributed by atoms with E-state index in [1.807, 2.05) is 50.2 Å². The molecule has 0 saturated heterocycles. The molecule has 1 N–H and O–H groups in total. The van der Waals surface area contributed by atoms with Crippen LogP contribution in [0.2, 0.25) is 0 Å². The smallest absolute Gasteiger partial charge is 0.328 e. The second-order valence-electron chi connectivity index (χ2n) is 6.41. The van der Waals surface area contributed by atoms with Crippen molar-refractivity contribution in [1.29, 1.82) is 0 Å². The lowest BCUT2D eigenvalue weighted by molar-refractivity contribution is -0.146. The summed E-state index contributed by atoms with van der Waals surface area (Å²) in [6.45, 7) is 3.73. The first-order valence-corrected chi connectivity index (χ1v) is 8.26. The highest BCUT2D eigenvalue weighted by atomic mass is 16.5. The molecule has 0 radical (unpaired) electrons. The van der Waals surface area contributed by atoms with Crippen LogP contribution in [0.5, 0.6) is 0 Å². The molecule has 5 nitrogen and oxygen atoms in total. The molecule has 0 aliphatic rings. The molecule has 0 saturated carbocycles. The molecule has 1 atom stereocenters. The first-order chi connectivity index (χ1) is 12.0. The van der Waals surface area contributed by atoms with Crippen molar-refractivity contribution >= 4 is 33.6 Å². The molecule has 3 aromatic rings. The van der Waals surface area contributed by atoms with Gasteiger partial charge in [-0.2, -0.15) is 0 Å². The number of ether oxygens (including phenoxy) is 1. The van der Waals surface area contributed by atoms with E-state index in [1.165, 1.54) is 7.11 Å². The summed E-state index contributed by atoms with van der Waals surface area (Å²) in [5.74, 6) is -0.732. The van der Waals surface area contributed by atoms with Gasteiger partial charge in [0.2, 0.25) is 5.91 Å². The maximum absolute atomic E-state index is 12.5. The molecule has 1 heterocycles. The lowest BCUT2D eigenvalue weighted by Gasteiger charge is -2.19. The third kappa shape index (κ3) is 3.36. The molecule has 130 valence electrons. The number of nitrogens with one attached hydrogen (secondary N) is 1. The lowest BCUT2D eigenvalue weighted by Crippen LogP contribution is -2.45. The Morgan fingerprint density at radius 2 is 1.92 bits per heavy atom. The molecule has 3 rings (SSSR count). The molecule has 0 fully saturated rings. The van der Waals surface area contributed by atoms with Crippen molar-refractivity contribution in [2.45, 2.75) is 26.3 Å². The van der Waals surface area contributed by atoms with Gasteiger partial charge in [-0.1, -0.05) is 44.2 Å². The highest BCUT2D eigenvalue weighted by Crippen LogP contribution is 2.30. The zero-order valence-electron chi connectivity index (χ0n) is 14.5. The minimum Gasteiger partial charge on any atom is -0.467 e. The Morgan fingerprint density at radius 1 is 1.16 bits per heavy atom. The molecular formula is C20H21NO4. The molecule has 0 spiro atoms. The SMILES string of the molecule is COC(=O)C(NC(=O)Cc1coc2ccc3ccccc3c12)C(C)C. The van der Waals surface area contributed by atoms with Gasteiger partial charge in [0.25, 0.3) is 0 Å². The summed E-state index contributed by atoms with van der Waals surface area (Å²) in [5.41, 5.74) is 1.55. The van der Waals surface area contributed by atoms with Crippen LogP contribution in [0.15, 0.2) is 47.1 Å². The van der Waals surface area contributed by atoms with Gasteiger partial charge in [0.1, 0.15) is 11.6 Å². The van der Waals surface area contributed by atoms with Crippen LogP contribution >= 0.6 is 0 Å². The van der Waals surface area contributed by atoms with Crippen LogP contribution in [-0.2, 0) is 20.7 Å². The average molecular weight is 339 g/mol. The zero-order chi connectivity index (χ0) is 18.0. The number of esters is 1. The predicted octanol–water partition coefficient (Wildman–Crippen LogP) is 3.44. The number of rotatable bonds is 5. The Labute approximate surface area is 145 Å². The summed E-state index contributed by atoms with van der Waals surface area (Å²) in [7, 11) is 1.32. The van der Waals surface area contributed by atoms with Crippen LogP contribution in [0.1, 0.15) is 19.4 Å². The molecule has 0 bridgehead atoms. The average Bonchev–Trinajstić information content (AvgIpc) is 3.02. The van der Waals surface area contributed by atoms with E-state index in [0.29, 0.717) is 0 Å². The summed E-state index contributed by atoms with van der Waals surface area (Å²) < 4.78 is 10.4. The molecule has 25 heavy (non-hydrogen) atoms. The Bertz CT molecular complexity index is 926. The standard InChI is InChI=1S/C20H21NO4/c1-12(2)19(20(23)24-3)21-17(22)10-14-11-25-16-9-8-13-6-4-5-7-15(13)18(14)16/h4-9,11-12,19H,10H2,1-3H3,(H,21,22). The number of carbonyl (C=O) groups is 2. The number of carbonyl (C=O) groups excluding carboxylic acids is 2. The fourth-order valence-electron chi connectivity index (χ4n) is 3.03. The van der Waals surface area contributed by atoms with E-state index in [-0.39, 0.29) is 18.2 Å². The third-order valence-electron chi connectivity index (χ3n) is 4.33. The maximum Gasteiger partial charge on any atom is 0.328 e. The van der Waals surface area contributed by atoms with Crippen LogP contribution in [0.25, 0.3) is 21.7 Å². The largest absolute Gasteiger partial charge is 0.467 e. The van der Waals surface area contributed by atoms with Gasteiger partial charge in [0.15, 0.2) is 0 Å². The van der Waals surface area contributed by atoms with E-state index < -0.39 is 12.0 Å². The molecule has 0 aliphatic carbocycles. The van der Waals surface area contributed by atoms with Crippen molar-refractivity contribution in [2.24, 2.45) is 5.92 Å². The van der Waals surface area contributed by atoms with Gasteiger partial charge in [0, 0.05) is 10.9 Å². The second-order valence-corrected chi connectivity index (χ2v) is 6.41. The normalized spacial score (nSPS) is 12.5. The Morgan fingerprint density at radius 3 is 2.64 bits per heavy atom. The van der Waals surface area contributed by atoms with Gasteiger partial charge in [0.05, 0.1) is 19.8 Å². The molecule has 5 heteroatoms. The number of fused-ring (bicyclic) bond motifs is 3. The number of amides is 1. The lowest BCUT2D eigenvalue weighted by atomic mass is 10.0. The van der Waals surface area contributed by atoms with Crippen molar-refractivity contribution in [3.8, 4) is 0 Å². The third-order valence-corrected chi connectivity index (χ3v) is 4.33. The van der Waals surface area contributed by atoms with Crippen molar-refractivity contribution in [2.75, 3.05) is 7.11 Å². The van der Waals surface area contributed by atoms with Gasteiger partial charge in [-0.05, 0) is 22.8 Å². The van der Waals surface area contributed by atoms with E-state index in [1.54, 1.807) is 6.26 Å². The van der Waals surface area contributed by atoms with E-state index >= 15 is 0 Å². The van der Waals surface area contributed by atoms with Crippen LogP contribution in [0.4, 0.5) is 0 Å². The zero-order valence-corrected chi connectivity index (χ0v) is 14.5. The summed E-state index contributed by atoms with van der Waals surface area (Å²) in [4.78, 5) is 24.3.